The maximum atomic E-state index is 12.9. The molecule has 0 aliphatic carbocycles. The number of nitrogens with two attached hydrogens (primary N) is 1. The average molecular weight is 384 g/mol. The van der Waals surface area contributed by atoms with Gasteiger partial charge in [-0.05, 0) is 51.8 Å². The highest BCUT2D eigenvalue weighted by molar-refractivity contribution is 7.89. The Labute approximate surface area is 152 Å². The fourth-order valence-corrected chi connectivity index (χ4v) is 3.75. The smallest absolute Gasteiger partial charge is 0.274 e. The summed E-state index contributed by atoms with van der Waals surface area (Å²) in [4.78, 5) is 24.6. The number of nitro groups is 1. The molecule has 1 heterocycles. The molecule has 1 amide bonds. The second-order valence-electron chi connectivity index (χ2n) is 6.54. The van der Waals surface area contributed by atoms with Gasteiger partial charge in [0.25, 0.3) is 11.6 Å². The molecule has 3 N–H and O–H groups in total. The highest BCUT2D eigenvalue weighted by Crippen LogP contribution is 2.28. The quantitative estimate of drug-likeness (QED) is 0.555. The van der Waals surface area contributed by atoms with Gasteiger partial charge in [0, 0.05) is 24.7 Å². The first-order chi connectivity index (χ1) is 12.1. The zero-order chi connectivity index (χ0) is 19.5. The predicted molar refractivity (Wildman–Crippen MR) is 96.4 cm³/mol. The molecule has 1 aromatic rings. The first-order valence-corrected chi connectivity index (χ1v) is 9.95. The zero-order valence-electron chi connectivity index (χ0n) is 14.9. The number of benzene rings is 1. The Morgan fingerprint density at radius 2 is 2.00 bits per heavy atom. The number of carbonyl (C=O) groups is 1. The Balaban J connectivity index is 2.29. The minimum absolute atomic E-state index is 0.0110. The number of rotatable bonds is 6. The van der Waals surface area contributed by atoms with Crippen molar-refractivity contribution in [3.63, 3.8) is 0 Å². The molecule has 1 fully saturated rings. The summed E-state index contributed by atoms with van der Waals surface area (Å²) in [5.74, 6) is 0.126. The second-order valence-corrected chi connectivity index (χ2v) is 8.11. The minimum atomic E-state index is -4.16. The third-order valence-corrected chi connectivity index (χ3v) is 5.71. The first-order valence-electron chi connectivity index (χ1n) is 8.41. The van der Waals surface area contributed by atoms with E-state index < -0.39 is 31.4 Å². The maximum absolute atomic E-state index is 12.9. The number of nitrogens with zero attached hydrogens (tertiary/aromatic N) is 2. The van der Waals surface area contributed by atoms with Crippen LogP contribution in [-0.2, 0) is 10.0 Å². The summed E-state index contributed by atoms with van der Waals surface area (Å²) >= 11 is 0. The van der Waals surface area contributed by atoms with Crippen molar-refractivity contribution in [1.82, 2.24) is 10.2 Å². The van der Waals surface area contributed by atoms with E-state index in [-0.39, 0.29) is 11.1 Å². The number of nitro benzene ring substituents is 1. The van der Waals surface area contributed by atoms with E-state index in [0.717, 1.165) is 37.9 Å². The summed E-state index contributed by atoms with van der Waals surface area (Å²) in [6, 6.07) is 2.03. The van der Waals surface area contributed by atoms with E-state index in [4.69, 9.17) is 5.14 Å². The van der Waals surface area contributed by atoms with Crippen LogP contribution in [0.5, 0.6) is 0 Å². The molecule has 1 saturated heterocycles. The molecule has 0 radical (unpaired) electrons. The lowest BCUT2D eigenvalue weighted by molar-refractivity contribution is -0.385. The van der Waals surface area contributed by atoms with Crippen molar-refractivity contribution in [2.75, 3.05) is 26.7 Å². The van der Waals surface area contributed by atoms with Crippen LogP contribution in [0.3, 0.4) is 0 Å². The van der Waals surface area contributed by atoms with E-state index in [0.29, 0.717) is 19.0 Å². The second kappa shape index (κ2) is 8.11. The molecule has 1 aromatic carbocycles. The number of piperidine rings is 1. The van der Waals surface area contributed by atoms with Gasteiger partial charge in [-0.15, -0.1) is 0 Å². The fourth-order valence-electron chi connectivity index (χ4n) is 3.19. The molecule has 0 aromatic heterocycles. The zero-order valence-corrected chi connectivity index (χ0v) is 15.7. The van der Waals surface area contributed by atoms with Gasteiger partial charge < -0.3 is 10.2 Å². The van der Waals surface area contributed by atoms with Crippen molar-refractivity contribution in [3.8, 4) is 0 Å². The monoisotopic (exact) mass is 384 g/mol. The lowest BCUT2D eigenvalue weighted by atomic mass is 9.93. The van der Waals surface area contributed by atoms with Crippen LogP contribution >= 0.6 is 0 Å². The topological polar surface area (TPSA) is 136 Å². The highest BCUT2D eigenvalue weighted by atomic mass is 32.2. The van der Waals surface area contributed by atoms with Gasteiger partial charge in [0.05, 0.1) is 15.4 Å². The Bertz CT molecular complexity index is 801. The van der Waals surface area contributed by atoms with Crippen LogP contribution in [0.25, 0.3) is 0 Å². The van der Waals surface area contributed by atoms with E-state index in [1.165, 1.54) is 6.92 Å². The number of hydrogen-bond donors (Lipinski definition) is 2. The molecule has 0 spiro atoms. The Morgan fingerprint density at radius 3 is 2.50 bits per heavy atom. The Kier molecular flexibility index (Phi) is 6.32. The molecule has 1 aliphatic heterocycles. The van der Waals surface area contributed by atoms with Crippen LogP contribution in [0, 0.1) is 23.0 Å². The van der Waals surface area contributed by atoms with Crippen LogP contribution in [0.4, 0.5) is 5.69 Å². The molecular formula is C16H24N4O5S. The van der Waals surface area contributed by atoms with Crippen molar-refractivity contribution in [2.24, 2.45) is 11.1 Å². The van der Waals surface area contributed by atoms with E-state index in [1.807, 2.05) is 7.05 Å². The van der Waals surface area contributed by atoms with Crippen molar-refractivity contribution < 1.29 is 18.1 Å². The molecule has 144 valence electrons. The molecule has 0 unspecified atom stereocenters. The van der Waals surface area contributed by atoms with E-state index in [1.54, 1.807) is 4.90 Å². The minimum Gasteiger partial charge on any atom is -0.339 e. The van der Waals surface area contributed by atoms with Gasteiger partial charge in [-0.2, -0.15) is 0 Å². The number of carbonyl (C=O) groups excluding carboxylic acids is 1. The lowest BCUT2D eigenvalue weighted by Gasteiger charge is -2.32. The summed E-state index contributed by atoms with van der Waals surface area (Å²) in [6.45, 7) is 3.44. The largest absolute Gasteiger partial charge is 0.339 e. The Morgan fingerprint density at radius 1 is 1.38 bits per heavy atom. The predicted octanol–water partition coefficient (Wildman–Crippen LogP) is 1.01. The summed E-state index contributed by atoms with van der Waals surface area (Å²) in [5, 5.41) is 19.4. The van der Waals surface area contributed by atoms with Crippen LogP contribution < -0.4 is 10.5 Å². The third-order valence-electron chi connectivity index (χ3n) is 4.81. The van der Waals surface area contributed by atoms with Gasteiger partial charge in [0.1, 0.15) is 0 Å². The number of nitrogens with one attached hydrogen (secondary N) is 1. The average Bonchev–Trinajstić information content (AvgIpc) is 2.58. The molecule has 0 bridgehead atoms. The number of amides is 1. The molecule has 1 aliphatic rings. The first kappa shape index (κ1) is 20.3. The van der Waals surface area contributed by atoms with E-state index >= 15 is 0 Å². The molecular weight excluding hydrogens is 360 g/mol. The standard InChI is InChI=1S/C16H24N4O5S/c1-11-14(9-13(26(17,24)25)10-15(11)20(22)23)16(21)19-7-4-12(5-8-19)3-6-18-2/h9-10,12,18H,3-8H2,1-2H3,(H2,17,24,25). The van der Waals surface area contributed by atoms with Crippen LogP contribution in [0.2, 0.25) is 0 Å². The molecule has 10 heteroatoms. The van der Waals surface area contributed by atoms with Gasteiger partial charge in [-0.1, -0.05) is 0 Å². The van der Waals surface area contributed by atoms with Gasteiger partial charge in [0.15, 0.2) is 0 Å². The number of hydrogen-bond acceptors (Lipinski definition) is 6. The molecule has 2 rings (SSSR count). The fraction of sp³-hybridized carbons (Fsp3) is 0.562. The van der Waals surface area contributed by atoms with E-state index in [2.05, 4.69) is 5.32 Å². The van der Waals surface area contributed by atoms with Crippen molar-refractivity contribution in [1.29, 1.82) is 0 Å². The van der Waals surface area contributed by atoms with Crippen molar-refractivity contribution >= 4 is 21.6 Å². The summed E-state index contributed by atoms with van der Waals surface area (Å²) < 4.78 is 23.3. The van der Waals surface area contributed by atoms with Gasteiger partial charge in [0.2, 0.25) is 10.0 Å². The van der Waals surface area contributed by atoms with Gasteiger partial charge in [-0.3, -0.25) is 14.9 Å². The lowest BCUT2D eigenvalue weighted by Crippen LogP contribution is -2.39. The SMILES string of the molecule is CNCCC1CCN(C(=O)c2cc(S(N)(=O)=O)cc([N+](=O)[O-])c2C)CC1. The van der Waals surface area contributed by atoms with Crippen molar-refractivity contribution in [3.05, 3.63) is 33.4 Å². The molecule has 26 heavy (non-hydrogen) atoms. The van der Waals surface area contributed by atoms with Crippen molar-refractivity contribution in [2.45, 2.75) is 31.1 Å². The molecule has 0 saturated carbocycles. The summed E-state index contributed by atoms with van der Waals surface area (Å²) in [6.07, 6.45) is 2.73. The summed E-state index contributed by atoms with van der Waals surface area (Å²) in [5.41, 5.74) is -0.273. The maximum Gasteiger partial charge on any atom is 0.274 e. The van der Waals surface area contributed by atoms with Gasteiger partial charge >= 0.3 is 0 Å². The number of primary sulfonamides is 1. The van der Waals surface area contributed by atoms with Crippen LogP contribution in [0.15, 0.2) is 17.0 Å². The van der Waals surface area contributed by atoms with E-state index in [9.17, 15) is 23.3 Å². The highest BCUT2D eigenvalue weighted by Gasteiger charge is 2.28. The number of sulfonamides is 1. The molecule has 9 nitrogen and oxygen atoms in total. The summed E-state index contributed by atoms with van der Waals surface area (Å²) in [7, 11) is -2.27. The normalized spacial score (nSPS) is 15.9. The van der Waals surface area contributed by atoms with Gasteiger partial charge in [-0.25, -0.2) is 13.6 Å². The molecule has 0 atom stereocenters. The number of likely N-dealkylation sites (tertiary alicyclic amines) is 1. The van der Waals surface area contributed by atoms with Crippen LogP contribution in [-0.4, -0.2) is 50.8 Å². The Hall–Kier alpha value is -2.04. The third kappa shape index (κ3) is 4.57. The van der Waals surface area contributed by atoms with Crippen LogP contribution in [0.1, 0.15) is 35.2 Å².